The molecular formula is C8H13N3O3S. The zero-order chi connectivity index (χ0) is 11.5. The van der Waals surface area contributed by atoms with E-state index in [0.717, 1.165) is 6.42 Å². The number of hydrogen-bond donors (Lipinski definition) is 2. The van der Waals surface area contributed by atoms with E-state index >= 15 is 0 Å². The molecule has 0 aromatic heterocycles. The fraction of sp³-hybridized carbons (Fsp3) is 0.750. The van der Waals surface area contributed by atoms with E-state index in [1.54, 1.807) is 0 Å². The molecule has 0 atom stereocenters. The Hall–Kier alpha value is -1.13. The Kier molecular flexibility index (Phi) is 3.31. The number of nitrogens with one attached hydrogen (secondary N) is 1. The summed E-state index contributed by atoms with van der Waals surface area (Å²) in [7, 11) is -3.56. The summed E-state index contributed by atoms with van der Waals surface area (Å²) < 4.78 is 21.2. The molecule has 84 valence electrons. The zero-order valence-corrected chi connectivity index (χ0v) is 9.01. The van der Waals surface area contributed by atoms with Crippen LogP contribution >= 0.6 is 0 Å². The number of hydrogen-bond acceptors (Lipinski definition) is 4. The van der Waals surface area contributed by atoms with Gasteiger partial charge in [-0.25, -0.2) is 13.6 Å². The van der Waals surface area contributed by atoms with E-state index in [4.69, 9.17) is 10.4 Å². The molecule has 15 heavy (non-hydrogen) atoms. The second kappa shape index (κ2) is 4.16. The van der Waals surface area contributed by atoms with Gasteiger partial charge in [0.15, 0.2) is 0 Å². The van der Waals surface area contributed by atoms with E-state index in [1.165, 1.54) is 0 Å². The lowest BCUT2D eigenvalue weighted by Gasteiger charge is -2.33. The van der Waals surface area contributed by atoms with Gasteiger partial charge >= 0.3 is 0 Å². The van der Waals surface area contributed by atoms with Crippen molar-refractivity contribution in [3.63, 3.8) is 0 Å². The Bertz CT molecular complexity index is 392. The number of carbonyl (C=O) groups is 1. The smallest absolute Gasteiger partial charge is 0.240 e. The van der Waals surface area contributed by atoms with E-state index in [2.05, 4.69) is 5.32 Å². The van der Waals surface area contributed by atoms with Crippen molar-refractivity contribution in [1.82, 2.24) is 5.32 Å². The van der Waals surface area contributed by atoms with Crippen molar-refractivity contribution in [1.29, 1.82) is 5.26 Å². The monoisotopic (exact) mass is 231 g/mol. The van der Waals surface area contributed by atoms with E-state index in [-0.39, 0.29) is 18.2 Å². The highest BCUT2D eigenvalue weighted by atomic mass is 32.2. The van der Waals surface area contributed by atoms with Crippen molar-refractivity contribution >= 4 is 15.9 Å². The second-order valence-electron chi connectivity index (χ2n) is 3.67. The number of carbonyl (C=O) groups excluding carboxylic acids is 1. The summed E-state index contributed by atoms with van der Waals surface area (Å²) in [6.45, 7) is -0.0406. The van der Waals surface area contributed by atoms with Gasteiger partial charge < -0.3 is 5.32 Å². The molecule has 1 aliphatic rings. The molecule has 1 amide bonds. The Balaban J connectivity index is 2.41. The zero-order valence-electron chi connectivity index (χ0n) is 8.19. The Morgan fingerprint density at radius 2 is 2.13 bits per heavy atom. The molecule has 1 saturated carbocycles. The lowest BCUT2D eigenvalue weighted by molar-refractivity contribution is -0.131. The Labute approximate surface area is 88.5 Å². The summed E-state index contributed by atoms with van der Waals surface area (Å²) in [5, 5.41) is 16.0. The average molecular weight is 231 g/mol. The van der Waals surface area contributed by atoms with Gasteiger partial charge in [0.05, 0.1) is 11.8 Å². The van der Waals surface area contributed by atoms with Crippen LogP contribution in [-0.4, -0.2) is 26.6 Å². The number of amides is 1. The summed E-state index contributed by atoms with van der Waals surface area (Å²) in [5.41, 5.74) is -0.932. The highest BCUT2D eigenvalue weighted by Gasteiger charge is 2.44. The maximum Gasteiger partial charge on any atom is 0.240 e. The number of nitrogens with zero attached hydrogens (tertiary/aromatic N) is 1. The van der Waals surface area contributed by atoms with Crippen LogP contribution in [0.3, 0.4) is 0 Å². The molecule has 0 aliphatic heterocycles. The highest BCUT2D eigenvalue weighted by molar-refractivity contribution is 7.89. The summed E-state index contributed by atoms with van der Waals surface area (Å²) >= 11 is 0. The Morgan fingerprint density at radius 3 is 2.47 bits per heavy atom. The first kappa shape index (κ1) is 11.9. The lowest BCUT2D eigenvalue weighted by Crippen LogP contribution is -2.46. The molecule has 6 nitrogen and oxygen atoms in total. The summed E-state index contributed by atoms with van der Waals surface area (Å²) in [6, 6.07) is 1.97. The third kappa shape index (κ3) is 2.91. The van der Waals surface area contributed by atoms with E-state index < -0.39 is 15.4 Å². The maximum absolute atomic E-state index is 11.5. The third-order valence-electron chi connectivity index (χ3n) is 2.53. The fourth-order valence-electron chi connectivity index (χ4n) is 1.40. The van der Waals surface area contributed by atoms with Gasteiger partial charge in [-0.3, -0.25) is 4.79 Å². The van der Waals surface area contributed by atoms with Gasteiger partial charge in [0.25, 0.3) is 0 Å². The molecule has 1 fully saturated rings. The molecule has 0 heterocycles. The van der Waals surface area contributed by atoms with Crippen LogP contribution in [0, 0.1) is 16.7 Å². The standard InChI is InChI=1S/C8H13N3O3S/c9-6-8(2-1-3-8)7(12)11-4-5-15(10,13)14/h1-5H2,(H,11,12)(H2,10,13,14). The van der Waals surface area contributed by atoms with Crippen LogP contribution in [0.15, 0.2) is 0 Å². The molecule has 0 aromatic rings. The number of nitrogens with two attached hydrogens (primary N) is 1. The number of sulfonamides is 1. The topological polar surface area (TPSA) is 113 Å². The lowest BCUT2D eigenvalue weighted by atomic mass is 9.69. The molecular weight excluding hydrogens is 218 g/mol. The van der Waals surface area contributed by atoms with Crippen LogP contribution < -0.4 is 10.5 Å². The van der Waals surface area contributed by atoms with Crippen LogP contribution in [0.25, 0.3) is 0 Å². The first-order chi connectivity index (χ1) is 6.90. The van der Waals surface area contributed by atoms with E-state index in [9.17, 15) is 13.2 Å². The van der Waals surface area contributed by atoms with Crippen molar-refractivity contribution in [2.45, 2.75) is 19.3 Å². The van der Waals surface area contributed by atoms with Crippen molar-refractivity contribution in [2.24, 2.45) is 10.6 Å². The van der Waals surface area contributed by atoms with E-state index in [0.29, 0.717) is 12.8 Å². The minimum absolute atomic E-state index is 0.0406. The first-order valence-electron chi connectivity index (χ1n) is 4.60. The van der Waals surface area contributed by atoms with Crippen molar-refractivity contribution < 1.29 is 13.2 Å². The van der Waals surface area contributed by atoms with Crippen molar-refractivity contribution in [3.05, 3.63) is 0 Å². The van der Waals surface area contributed by atoms with Gasteiger partial charge in [0, 0.05) is 6.54 Å². The normalized spacial score (nSPS) is 18.7. The SMILES string of the molecule is N#CC1(C(=O)NCCS(N)(=O)=O)CCC1. The number of nitriles is 1. The largest absolute Gasteiger partial charge is 0.354 e. The minimum atomic E-state index is -3.56. The second-order valence-corrected chi connectivity index (χ2v) is 5.40. The molecule has 7 heteroatoms. The molecule has 1 rings (SSSR count). The molecule has 0 radical (unpaired) electrons. The predicted octanol–water partition coefficient (Wildman–Crippen LogP) is -0.915. The van der Waals surface area contributed by atoms with Crippen LogP contribution in [-0.2, 0) is 14.8 Å². The Morgan fingerprint density at radius 1 is 1.53 bits per heavy atom. The van der Waals surface area contributed by atoms with Gasteiger partial charge in [-0.05, 0) is 19.3 Å². The van der Waals surface area contributed by atoms with Crippen LogP contribution in [0.2, 0.25) is 0 Å². The van der Waals surface area contributed by atoms with Gasteiger partial charge in [0.1, 0.15) is 5.41 Å². The quantitative estimate of drug-likeness (QED) is 0.651. The van der Waals surface area contributed by atoms with E-state index in [1.807, 2.05) is 6.07 Å². The van der Waals surface area contributed by atoms with Gasteiger partial charge in [-0.2, -0.15) is 5.26 Å². The van der Waals surface area contributed by atoms with Crippen molar-refractivity contribution in [2.75, 3.05) is 12.3 Å². The molecule has 1 aliphatic carbocycles. The predicted molar refractivity (Wildman–Crippen MR) is 52.9 cm³/mol. The summed E-state index contributed by atoms with van der Waals surface area (Å²) in [5.74, 6) is -0.694. The molecule has 0 unspecified atom stereocenters. The third-order valence-corrected chi connectivity index (χ3v) is 3.30. The van der Waals surface area contributed by atoms with Crippen molar-refractivity contribution in [3.8, 4) is 6.07 Å². The maximum atomic E-state index is 11.5. The fourth-order valence-corrected chi connectivity index (χ4v) is 1.78. The number of rotatable bonds is 4. The first-order valence-corrected chi connectivity index (χ1v) is 6.31. The van der Waals surface area contributed by atoms with Crippen LogP contribution in [0.1, 0.15) is 19.3 Å². The summed E-state index contributed by atoms with van der Waals surface area (Å²) in [4.78, 5) is 11.5. The summed E-state index contributed by atoms with van der Waals surface area (Å²) in [6.07, 6.45) is 1.95. The van der Waals surface area contributed by atoms with Gasteiger partial charge in [0.2, 0.25) is 15.9 Å². The minimum Gasteiger partial charge on any atom is -0.354 e. The molecule has 0 bridgehead atoms. The highest BCUT2D eigenvalue weighted by Crippen LogP contribution is 2.40. The molecule has 0 aromatic carbocycles. The van der Waals surface area contributed by atoms with Crippen LogP contribution in [0.4, 0.5) is 0 Å². The van der Waals surface area contributed by atoms with Crippen LogP contribution in [0.5, 0.6) is 0 Å². The average Bonchev–Trinajstić information content (AvgIpc) is 2.00. The molecule has 3 N–H and O–H groups in total. The molecule has 0 spiro atoms. The van der Waals surface area contributed by atoms with Gasteiger partial charge in [-0.15, -0.1) is 0 Å². The van der Waals surface area contributed by atoms with Gasteiger partial charge in [-0.1, -0.05) is 0 Å². The molecule has 0 saturated heterocycles. The number of primary sulfonamides is 1.